The minimum Gasteiger partial charge on any atom is -0.450 e. The van der Waals surface area contributed by atoms with Crippen molar-refractivity contribution in [3.05, 3.63) is 64.0 Å². The third kappa shape index (κ3) is 3.29. The maximum Gasteiger partial charge on any atom is 0.311 e. The van der Waals surface area contributed by atoms with Gasteiger partial charge in [-0.3, -0.25) is 10.1 Å². The molecule has 0 N–H and O–H groups in total. The summed E-state index contributed by atoms with van der Waals surface area (Å²) in [6.45, 7) is 0. The summed E-state index contributed by atoms with van der Waals surface area (Å²) in [4.78, 5) is 10.2. The van der Waals surface area contributed by atoms with Crippen LogP contribution < -0.4 is 4.74 Å². The zero-order valence-electron chi connectivity index (χ0n) is 9.68. The molecule has 0 spiro atoms. The summed E-state index contributed by atoms with van der Waals surface area (Å²) in [5, 5.41) is 11.5. The Bertz CT molecular complexity index is 601. The number of hydrogen-bond acceptors (Lipinski definition) is 3. The molecule has 0 saturated heterocycles. The first-order chi connectivity index (χ1) is 9.10. The molecule has 98 valence electrons. The fourth-order valence-corrected chi connectivity index (χ4v) is 1.87. The molecule has 0 unspecified atom stereocenters. The van der Waals surface area contributed by atoms with Crippen LogP contribution >= 0.6 is 15.9 Å². The molecule has 0 radical (unpaired) electrons. The maximum atomic E-state index is 13.1. The van der Waals surface area contributed by atoms with Crippen LogP contribution in [0.3, 0.4) is 0 Å². The highest BCUT2D eigenvalue weighted by Crippen LogP contribution is 2.32. The molecular formula is C13H9BrFNO3. The first kappa shape index (κ1) is 13.5. The van der Waals surface area contributed by atoms with Crippen LogP contribution in [0.25, 0.3) is 0 Å². The molecule has 19 heavy (non-hydrogen) atoms. The van der Waals surface area contributed by atoms with E-state index in [1.807, 2.05) is 12.1 Å². The van der Waals surface area contributed by atoms with Gasteiger partial charge in [-0.15, -0.1) is 0 Å². The summed E-state index contributed by atoms with van der Waals surface area (Å²) in [5.41, 5.74) is 0.770. The molecule has 0 saturated carbocycles. The van der Waals surface area contributed by atoms with Crippen molar-refractivity contribution >= 4 is 21.6 Å². The van der Waals surface area contributed by atoms with Crippen molar-refractivity contribution in [3.63, 3.8) is 0 Å². The predicted octanol–water partition coefficient (Wildman–Crippen LogP) is 4.42. The molecule has 0 aliphatic heterocycles. The Kier molecular flexibility index (Phi) is 4.11. The Balaban J connectivity index is 2.31. The van der Waals surface area contributed by atoms with E-state index < -0.39 is 10.7 Å². The summed E-state index contributed by atoms with van der Waals surface area (Å²) in [5.74, 6) is -0.285. The fourth-order valence-electron chi connectivity index (χ4n) is 1.49. The van der Waals surface area contributed by atoms with E-state index in [9.17, 15) is 14.5 Å². The van der Waals surface area contributed by atoms with Gasteiger partial charge in [-0.25, -0.2) is 4.39 Å². The molecule has 0 bridgehead atoms. The molecule has 0 atom stereocenters. The van der Waals surface area contributed by atoms with Gasteiger partial charge < -0.3 is 4.74 Å². The summed E-state index contributed by atoms with van der Waals surface area (Å²) in [7, 11) is 0. The number of benzene rings is 2. The molecule has 2 aromatic carbocycles. The van der Waals surface area contributed by atoms with Gasteiger partial charge in [0.1, 0.15) is 11.6 Å². The number of halogens is 2. The SMILES string of the molecule is O=[N+]([O-])c1ccc(F)cc1Oc1ccc(CBr)cc1. The highest BCUT2D eigenvalue weighted by molar-refractivity contribution is 9.08. The van der Waals surface area contributed by atoms with E-state index in [1.165, 1.54) is 0 Å². The van der Waals surface area contributed by atoms with E-state index >= 15 is 0 Å². The van der Waals surface area contributed by atoms with Crippen LogP contribution in [0.2, 0.25) is 0 Å². The van der Waals surface area contributed by atoms with Gasteiger partial charge in [-0.05, 0) is 23.8 Å². The average Bonchev–Trinajstić information content (AvgIpc) is 2.39. The van der Waals surface area contributed by atoms with E-state index in [2.05, 4.69) is 15.9 Å². The second kappa shape index (κ2) is 5.79. The van der Waals surface area contributed by atoms with Gasteiger partial charge in [0.25, 0.3) is 0 Å². The molecule has 0 heterocycles. The maximum absolute atomic E-state index is 13.1. The van der Waals surface area contributed by atoms with E-state index in [4.69, 9.17) is 4.74 Å². The van der Waals surface area contributed by atoms with Gasteiger partial charge in [-0.2, -0.15) is 0 Å². The molecule has 0 aromatic heterocycles. The quantitative estimate of drug-likeness (QED) is 0.475. The fraction of sp³-hybridized carbons (Fsp3) is 0.0769. The van der Waals surface area contributed by atoms with Crippen molar-refractivity contribution in [1.82, 2.24) is 0 Å². The smallest absolute Gasteiger partial charge is 0.311 e. The molecular weight excluding hydrogens is 317 g/mol. The van der Waals surface area contributed by atoms with Gasteiger partial charge >= 0.3 is 5.69 Å². The van der Waals surface area contributed by atoms with Crippen molar-refractivity contribution in [2.45, 2.75) is 5.33 Å². The lowest BCUT2D eigenvalue weighted by Crippen LogP contribution is -1.94. The second-order valence-corrected chi connectivity index (χ2v) is 4.31. The summed E-state index contributed by atoms with van der Waals surface area (Å²) >= 11 is 3.31. The normalized spacial score (nSPS) is 10.2. The number of nitro benzene ring substituents is 1. The molecule has 4 nitrogen and oxygen atoms in total. The standard InChI is InChI=1S/C13H9BrFNO3/c14-8-9-1-4-11(5-2-9)19-13-7-10(15)3-6-12(13)16(17)18/h1-7H,8H2. The van der Waals surface area contributed by atoms with E-state index in [0.29, 0.717) is 11.1 Å². The van der Waals surface area contributed by atoms with E-state index in [-0.39, 0.29) is 11.4 Å². The minimum absolute atomic E-state index is 0.114. The number of nitrogens with zero attached hydrogens (tertiary/aromatic N) is 1. The van der Waals surface area contributed by atoms with Crippen molar-refractivity contribution in [2.24, 2.45) is 0 Å². The Labute approximate surface area is 117 Å². The zero-order chi connectivity index (χ0) is 13.8. The Morgan fingerprint density at radius 1 is 1.21 bits per heavy atom. The van der Waals surface area contributed by atoms with Crippen LogP contribution in [0.1, 0.15) is 5.56 Å². The van der Waals surface area contributed by atoms with Crippen molar-refractivity contribution in [2.75, 3.05) is 0 Å². The lowest BCUT2D eigenvalue weighted by molar-refractivity contribution is -0.385. The summed E-state index contributed by atoms with van der Waals surface area (Å²) < 4.78 is 18.5. The lowest BCUT2D eigenvalue weighted by Gasteiger charge is -2.06. The Hall–Kier alpha value is -1.95. The van der Waals surface area contributed by atoms with Crippen LogP contribution in [0.4, 0.5) is 10.1 Å². The largest absolute Gasteiger partial charge is 0.450 e. The van der Waals surface area contributed by atoms with E-state index in [0.717, 1.165) is 23.8 Å². The number of ether oxygens (including phenoxy) is 1. The van der Waals surface area contributed by atoms with Gasteiger partial charge in [0.05, 0.1) is 4.92 Å². The van der Waals surface area contributed by atoms with Gasteiger partial charge in [-0.1, -0.05) is 28.1 Å². The van der Waals surface area contributed by atoms with Crippen molar-refractivity contribution in [3.8, 4) is 11.5 Å². The number of rotatable bonds is 4. The van der Waals surface area contributed by atoms with Gasteiger partial charge in [0.2, 0.25) is 5.75 Å². The molecule has 2 aromatic rings. The molecule has 2 rings (SSSR count). The first-order valence-corrected chi connectivity index (χ1v) is 6.49. The van der Waals surface area contributed by atoms with Crippen molar-refractivity contribution < 1.29 is 14.1 Å². The molecule has 0 aliphatic rings. The first-order valence-electron chi connectivity index (χ1n) is 5.37. The highest BCUT2D eigenvalue weighted by atomic mass is 79.9. The molecule has 0 aliphatic carbocycles. The molecule has 6 heteroatoms. The number of alkyl halides is 1. The van der Waals surface area contributed by atoms with E-state index in [1.54, 1.807) is 12.1 Å². The van der Waals surface area contributed by atoms with Gasteiger partial charge in [0, 0.05) is 17.5 Å². The molecule has 0 amide bonds. The third-order valence-corrected chi connectivity index (χ3v) is 3.07. The summed E-state index contributed by atoms with van der Waals surface area (Å²) in [6, 6.07) is 10.1. The Morgan fingerprint density at radius 2 is 1.89 bits per heavy atom. The Morgan fingerprint density at radius 3 is 2.47 bits per heavy atom. The average molecular weight is 326 g/mol. The van der Waals surface area contributed by atoms with Crippen LogP contribution in [0.5, 0.6) is 11.5 Å². The lowest BCUT2D eigenvalue weighted by atomic mass is 10.2. The molecule has 0 fully saturated rings. The predicted molar refractivity (Wildman–Crippen MR) is 72.2 cm³/mol. The highest BCUT2D eigenvalue weighted by Gasteiger charge is 2.16. The van der Waals surface area contributed by atoms with Crippen LogP contribution in [0, 0.1) is 15.9 Å². The zero-order valence-corrected chi connectivity index (χ0v) is 11.3. The van der Waals surface area contributed by atoms with Crippen LogP contribution in [-0.2, 0) is 5.33 Å². The van der Waals surface area contributed by atoms with Gasteiger partial charge in [0.15, 0.2) is 0 Å². The third-order valence-electron chi connectivity index (χ3n) is 2.42. The van der Waals surface area contributed by atoms with Crippen LogP contribution in [-0.4, -0.2) is 4.92 Å². The topological polar surface area (TPSA) is 52.4 Å². The number of nitro groups is 1. The minimum atomic E-state index is -0.609. The van der Waals surface area contributed by atoms with Crippen LogP contribution in [0.15, 0.2) is 42.5 Å². The summed E-state index contributed by atoms with van der Waals surface area (Å²) in [6.07, 6.45) is 0. The second-order valence-electron chi connectivity index (χ2n) is 3.75. The van der Waals surface area contributed by atoms with Crippen molar-refractivity contribution in [1.29, 1.82) is 0 Å². The number of hydrogen-bond donors (Lipinski definition) is 0. The monoisotopic (exact) mass is 325 g/mol.